The summed E-state index contributed by atoms with van der Waals surface area (Å²) in [5.74, 6) is 0. The average Bonchev–Trinajstić information content (AvgIpc) is 2.38. The van der Waals surface area contributed by atoms with Crippen molar-refractivity contribution >= 4 is 11.6 Å². The van der Waals surface area contributed by atoms with E-state index in [2.05, 4.69) is 44.3 Å². The molecule has 0 unspecified atom stereocenters. The van der Waals surface area contributed by atoms with Gasteiger partial charge in [-0.05, 0) is 54.7 Å². The lowest BCUT2D eigenvalue weighted by Crippen LogP contribution is -2.14. The van der Waals surface area contributed by atoms with Crippen molar-refractivity contribution in [2.75, 3.05) is 0 Å². The Morgan fingerprint density at radius 2 is 1.47 bits per heavy atom. The normalized spacial score (nSPS) is 10.7. The van der Waals surface area contributed by atoms with Crippen LogP contribution in [0, 0.1) is 20.8 Å². The Labute approximate surface area is 120 Å². The Morgan fingerprint density at radius 1 is 0.842 bits per heavy atom. The fourth-order valence-corrected chi connectivity index (χ4v) is 2.39. The van der Waals surface area contributed by atoms with Crippen molar-refractivity contribution in [3.05, 3.63) is 69.2 Å². The van der Waals surface area contributed by atoms with Gasteiger partial charge in [-0.2, -0.15) is 0 Å². The Balaban J connectivity index is 2.00. The number of nitrogens with one attached hydrogen (secondary N) is 1. The zero-order valence-electron chi connectivity index (χ0n) is 11.8. The molecule has 0 aliphatic heterocycles. The Morgan fingerprint density at radius 3 is 2.21 bits per heavy atom. The largest absolute Gasteiger partial charge is 0.309 e. The van der Waals surface area contributed by atoms with E-state index >= 15 is 0 Å². The van der Waals surface area contributed by atoms with E-state index in [1.54, 1.807) is 0 Å². The Hall–Kier alpha value is -1.31. The van der Waals surface area contributed by atoms with Crippen molar-refractivity contribution in [3.8, 4) is 0 Å². The molecule has 2 aromatic carbocycles. The van der Waals surface area contributed by atoms with Gasteiger partial charge in [-0.3, -0.25) is 0 Å². The predicted octanol–water partition coefficient (Wildman–Crippen LogP) is 4.56. The molecule has 2 rings (SSSR count). The summed E-state index contributed by atoms with van der Waals surface area (Å²) in [6, 6.07) is 12.5. The van der Waals surface area contributed by atoms with Crippen molar-refractivity contribution < 1.29 is 0 Å². The molecule has 0 radical (unpaired) electrons. The molecule has 0 spiro atoms. The third kappa shape index (κ3) is 3.59. The van der Waals surface area contributed by atoms with Gasteiger partial charge >= 0.3 is 0 Å². The number of benzene rings is 2. The maximum absolute atomic E-state index is 6.14. The number of rotatable bonds is 4. The van der Waals surface area contributed by atoms with Crippen LogP contribution in [0.5, 0.6) is 0 Å². The highest BCUT2D eigenvalue weighted by Gasteiger charge is 2.03. The second kappa shape index (κ2) is 6.23. The van der Waals surface area contributed by atoms with E-state index in [0.29, 0.717) is 0 Å². The van der Waals surface area contributed by atoms with Gasteiger partial charge in [0, 0.05) is 18.1 Å². The smallest absolute Gasteiger partial charge is 0.0450 e. The molecule has 0 saturated carbocycles. The maximum atomic E-state index is 6.14. The first-order chi connectivity index (χ1) is 9.08. The minimum absolute atomic E-state index is 0.798. The SMILES string of the molecule is Cc1cc(C)c(CNCc2ccccc2Cl)cc1C. The zero-order valence-corrected chi connectivity index (χ0v) is 12.5. The zero-order chi connectivity index (χ0) is 13.8. The molecule has 1 N–H and O–H groups in total. The first-order valence-corrected chi connectivity index (χ1v) is 6.96. The summed E-state index contributed by atoms with van der Waals surface area (Å²) < 4.78 is 0. The van der Waals surface area contributed by atoms with E-state index in [4.69, 9.17) is 11.6 Å². The number of aryl methyl sites for hydroxylation is 3. The summed E-state index contributed by atoms with van der Waals surface area (Å²) in [6.07, 6.45) is 0. The first kappa shape index (κ1) is 14.1. The van der Waals surface area contributed by atoms with Crippen molar-refractivity contribution in [2.45, 2.75) is 33.9 Å². The van der Waals surface area contributed by atoms with Crippen LogP contribution >= 0.6 is 11.6 Å². The molecule has 0 amide bonds. The van der Waals surface area contributed by atoms with Crippen LogP contribution in [0.3, 0.4) is 0 Å². The minimum Gasteiger partial charge on any atom is -0.309 e. The monoisotopic (exact) mass is 273 g/mol. The van der Waals surface area contributed by atoms with Gasteiger partial charge in [0.05, 0.1) is 0 Å². The van der Waals surface area contributed by atoms with E-state index in [1.807, 2.05) is 18.2 Å². The molecule has 0 heterocycles. The van der Waals surface area contributed by atoms with Crippen LogP contribution in [0.4, 0.5) is 0 Å². The fraction of sp³-hybridized carbons (Fsp3) is 0.294. The number of halogens is 1. The van der Waals surface area contributed by atoms with Gasteiger partial charge in [-0.25, -0.2) is 0 Å². The van der Waals surface area contributed by atoms with Crippen molar-refractivity contribution in [1.29, 1.82) is 0 Å². The standard InChI is InChI=1S/C17H20ClN/c1-12-8-14(3)16(9-13(12)2)11-19-10-15-6-4-5-7-17(15)18/h4-9,19H,10-11H2,1-3H3. The molecule has 0 saturated heterocycles. The van der Waals surface area contributed by atoms with Crippen LogP contribution in [0.25, 0.3) is 0 Å². The molecule has 0 aliphatic carbocycles. The van der Waals surface area contributed by atoms with Crippen LogP contribution < -0.4 is 5.32 Å². The number of hydrogen-bond donors (Lipinski definition) is 1. The van der Waals surface area contributed by atoms with Crippen LogP contribution in [0.2, 0.25) is 5.02 Å². The molecule has 19 heavy (non-hydrogen) atoms. The maximum Gasteiger partial charge on any atom is 0.0450 e. The van der Waals surface area contributed by atoms with Crippen LogP contribution in [0.1, 0.15) is 27.8 Å². The Kier molecular flexibility index (Phi) is 4.62. The lowest BCUT2D eigenvalue weighted by molar-refractivity contribution is 0.690. The highest BCUT2D eigenvalue weighted by atomic mass is 35.5. The lowest BCUT2D eigenvalue weighted by atomic mass is 10.0. The Bertz CT molecular complexity index is 575. The number of hydrogen-bond acceptors (Lipinski definition) is 1. The van der Waals surface area contributed by atoms with Crippen molar-refractivity contribution in [1.82, 2.24) is 5.32 Å². The summed E-state index contributed by atoms with van der Waals surface area (Å²) in [6.45, 7) is 8.15. The summed E-state index contributed by atoms with van der Waals surface area (Å²) >= 11 is 6.14. The van der Waals surface area contributed by atoms with Crippen LogP contribution in [0.15, 0.2) is 36.4 Å². The van der Waals surface area contributed by atoms with Gasteiger partial charge in [0.25, 0.3) is 0 Å². The quantitative estimate of drug-likeness (QED) is 0.861. The highest BCUT2D eigenvalue weighted by Crippen LogP contribution is 2.17. The van der Waals surface area contributed by atoms with Crippen molar-refractivity contribution in [3.63, 3.8) is 0 Å². The summed E-state index contributed by atoms with van der Waals surface area (Å²) in [4.78, 5) is 0. The van der Waals surface area contributed by atoms with Gasteiger partial charge in [-0.1, -0.05) is 41.9 Å². The van der Waals surface area contributed by atoms with Gasteiger partial charge in [0.1, 0.15) is 0 Å². The molecule has 100 valence electrons. The van der Waals surface area contributed by atoms with Crippen molar-refractivity contribution in [2.24, 2.45) is 0 Å². The topological polar surface area (TPSA) is 12.0 Å². The highest BCUT2D eigenvalue weighted by molar-refractivity contribution is 6.31. The summed E-state index contributed by atoms with van der Waals surface area (Å²) in [7, 11) is 0. The predicted molar refractivity (Wildman–Crippen MR) is 82.6 cm³/mol. The van der Waals surface area contributed by atoms with E-state index in [0.717, 1.165) is 23.7 Å². The fourth-order valence-electron chi connectivity index (χ4n) is 2.18. The van der Waals surface area contributed by atoms with Gasteiger partial charge in [0.2, 0.25) is 0 Å². The molecule has 2 heteroatoms. The van der Waals surface area contributed by atoms with Crippen LogP contribution in [-0.2, 0) is 13.1 Å². The average molecular weight is 274 g/mol. The third-order valence-electron chi connectivity index (χ3n) is 3.54. The molecule has 0 aliphatic rings. The molecule has 0 aromatic heterocycles. The molecule has 0 atom stereocenters. The molecular formula is C17H20ClN. The lowest BCUT2D eigenvalue weighted by Gasteiger charge is -2.11. The van der Waals surface area contributed by atoms with E-state index < -0.39 is 0 Å². The molecular weight excluding hydrogens is 254 g/mol. The van der Waals surface area contributed by atoms with Gasteiger partial charge in [0.15, 0.2) is 0 Å². The second-order valence-electron chi connectivity index (χ2n) is 5.06. The van der Waals surface area contributed by atoms with Gasteiger partial charge in [-0.15, -0.1) is 0 Å². The van der Waals surface area contributed by atoms with Crippen LogP contribution in [-0.4, -0.2) is 0 Å². The third-order valence-corrected chi connectivity index (χ3v) is 3.91. The molecule has 1 nitrogen and oxygen atoms in total. The molecule has 0 fully saturated rings. The summed E-state index contributed by atoms with van der Waals surface area (Å²) in [5, 5.41) is 4.29. The van der Waals surface area contributed by atoms with E-state index in [9.17, 15) is 0 Å². The van der Waals surface area contributed by atoms with E-state index in [-0.39, 0.29) is 0 Å². The molecule has 2 aromatic rings. The first-order valence-electron chi connectivity index (χ1n) is 6.59. The summed E-state index contributed by atoms with van der Waals surface area (Å²) in [5.41, 5.74) is 6.54. The second-order valence-corrected chi connectivity index (χ2v) is 5.47. The molecule has 0 bridgehead atoms. The minimum atomic E-state index is 0.798. The van der Waals surface area contributed by atoms with E-state index in [1.165, 1.54) is 22.3 Å². The van der Waals surface area contributed by atoms with Gasteiger partial charge < -0.3 is 5.32 Å².